The second kappa shape index (κ2) is 6.71. The Hall–Kier alpha value is -2.28. The summed E-state index contributed by atoms with van der Waals surface area (Å²) in [5.41, 5.74) is 3.83. The van der Waals surface area contributed by atoms with Gasteiger partial charge in [0.25, 0.3) is 5.56 Å². The molecule has 0 aliphatic carbocycles. The zero-order valence-electron chi connectivity index (χ0n) is 15.0. The van der Waals surface area contributed by atoms with Crippen LogP contribution in [0.15, 0.2) is 52.0 Å². The number of hydrogen-bond donors (Lipinski definition) is 2. The molecule has 0 spiro atoms. The highest BCUT2D eigenvalue weighted by Gasteiger charge is 2.27. The number of rotatable bonds is 3. The minimum absolute atomic E-state index is 0.0247. The van der Waals surface area contributed by atoms with Crippen LogP contribution in [0.5, 0.6) is 0 Å². The summed E-state index contributed by atoms with van der Waals surface area (Å²) in [6, 6.07) is 12.9. The Morgan fingerprint density at radius 1 is 1.15 bits per heavy atom. The van der Waals surface area contributed by atoms with Gasteiger partial charge in [-0.15, -0.1) is 22.7 Å². The Morgan fingerprint density at radius 3 is 2.81 bits per heavy atom. The summed E-state index contributed by atoms with van der Waals surface area (Å²) in [4.78, 5) is 24.2. The Labute approximate surface area is 165 Å². The maximum absolute atomic E-state index is 12.9. The van der Waals surface area contributed by atoms with Crippen LogP contribution < -0.4 is 10.5 Å². The van der Waals surface area contributed by atoms with Crippen molar-refractivity contribution in [2.45, 2.75) is 25.9 Å². The molecule has 0 bridgehead atoms. The molecule has 1 unspecified atom stereocenters. The Kier molecular flexibility index (Phi) is 4.19. The van der Waals surface area contributed by atoms with Gasteiger partial charge in [0.05, 0.1) is 11.9 Å². The van der Waals surface area contributed by atoms with E-state index in [1.807, 2.05) is 11.4 Å². The van der Waals surface area contributed by atoms with Crippen LogP contribution >= 0.6 is 22.7 Å². The first-order valence-electron chi connectivity index (χ1n) is 9.17. The van der Waals surface area contributed by atoms with E-state index in [-0.39, 0.29) is 11.6 Å². The number of nitrogens with zero attached hydrogens (tertiary/aromatic N) is 1. The third-order valence-corrected chi connectivity index (χ3v) is 7.30. The van der Waals surface area contributed by atoms with Crippen molar-refractivity contribution < 1.29 is 4.90 Å². The van der Waals surface area contributed by atoms with Gasteiger partial charge < -0.3 is 9.88 Å². The number of fused-ring (bicyclic) bond motifs is 2. The van der Waals surface area contributed by atoms with Crippen LogP contribution in [-0.4, -0.2) is 16.5 Å². The molecule has 0 amide bonds. The van der Waals surface area contributed by atoms with Crippen molar-refractivity contribution in [3.63, 3.8) is 0 Å². The topological polar surface area (TPSA) is 50.2 Å². The van der Waals surface area contributed by atoms with E-state index in [1.54, 1.807) is 22.7 Å². The monoisotopic (exact) mass is 394 g/mol. The summed E-state index contributed by atoms with van der Waals surface area (Å²) in [6.07, 6.45) is 1.07. The second-order valence-corrected chi connectivity index (χ2v) is 8.89. The molecule has 1 aliphatic rings. The van der Waals surface area contributed by atoms with E-state index in [1.165, 1.54) is 16.0 Å². The highest BCUT2D eigenvalue weighted by molar-refractivity contribution is 7.18. The van der Waals surface area contributed by atoms with Crippen molar-refractivity contribution in [1.82, 2.24) is 9.97 Å². The number of aromatic nitrogens is 2. The summed E-state index contributed by atoms with van der Waals surface area (Å²) < 4.78 is 0. The molecule has 4 nitrogen and oxygen atoms in total. The Balaban J connectivity index is 1.50. The molecule has 4 aromatic rings. The van der Waals surface area contributed by atoms with Crippen LogP contribution in [0.25, 0.3) is 20.7 Å². The molecule has 2 N–H and O–H groups in total. The van der Waals surface area contributed by atoms with E-state index in [2.05, 4.69) is 47.6 Å². The van der Waals surface area contributed by atoms with Crippen molar-refractivity contribution >= 4 is 32.9 Å². The summed E-state index contributed by atoms with van der Waals surface area (Å²) >= 11 is 3.21. The average Bonchev–Trinajstić information content (AvgIpc) is 3.36. The SMILES string of the molecule is C[C@@H](c1nc2scc(-c3cccs3)c2c(=O)[nH]1)[NH+]1CCc2ccccc2C1. The van der Waals surface area contributed by atoms with Crippen LogP contribution in [0.3, 0.4) is 0 Å². The molecule has 1 aliphatic heterocycles. The summed E-state index contributed by atoms with van der Waals surface area (Å²) in [6.45, 7) is 4.20. The molecular weight excluding hydrogens is 374 g/mol. The quantitative estimate of drug-likeness (QED) is 0.559. The molecule has 3 aromatic heterocycles. The van der Waals surface area contributed by atoms with Gasteiger partial charge in [0.15, 0.2) is 5.82 Å². The van der Waals surface area contributed by atoms with Gasteiger partial charge in [0.2, 0.25) is 0 Å². The molecule has 0 fully saturated rings. The van der Waals surface area contributed by atoms with Gasteiger partial charge in [-0.2, -0.15) is 0 Å². The van der Waals surface area contributed by atoms with Crippen molar-refractivity contribution in [3.8, 4) is 10.4 Å². The zero-order chi connectivity index (χ0) is 18.4. The van der Waals surface area contributed by atoms with Crippen molar-refractivity contribution in [2.75, 3.05) is 6.54 Å². The molecule has 0 saturated carbocycles. The first-order chi connectivity index (χ1) is 13.2. The van der Waals surface area contributed by atoms with Gasteiger partial charge in [-0.05, 0) is 23.9 Å². The van der Waals surface area contributed by atoms with E-state index in [9.17, 15) is 4.79 Å². The number of H-pyrrole nitrogens is 1. The fourth-order valence-corrected chi connectivity index (χ4v) is 5.72. The van der Waals surface area contributed by atoms with E-state index in [0.717, 1.165) is 46.0 Å². The first kappa shape index (κ1) is 16.9. The van der Waals surface area contributed by atoms with Crippen LogP contribution in [-0.2, 0) is 13.0 Å². The lowest BCUT2D eigenvalue weighted by Gasteiger charge is -2.30. The first-order valence-corrected chi connectivity index (χ1v) is 10.9. The lowest BCUT2D eigenvalue weighted by atomic mass is 9.99. The third-order valence-electron chi connectivity index (χ3n) is 5.52. The standard InChI is InChI=1S/C21H19N3OS2/c1-13(24-9-8-14-5-2-3-6-15(14)11-24)19-22-20(25)18-16(12-27-21(18)23-19)17-7-4-10-26-17/h2-7,10,12-13H,8-9,11H2,1H3,(H,22,23,25)/p+1/t13-/m0/s1. The van der Waals surface area contributed by atoms with Gasteiger partial charge >= 0.3 is 0 Å². The average molecular weight is 395 g/mol. The molecule has 136 valence electrons. The van der Waals surface area contributed by atoms with Gasteiger partial charge in [-0.3, -0.25) is 4.79 Å². The summed E-state index contributed by atoms with van der Waals surface area (Å²) in [7, 11) is 0. The normalized spacial score (nSPS) is 17.7. The van der Waals surface area contributed by atoms with Crippen molar-refractivity contribution in [1.29, 1.82) is 0 Å². The summed E-state index contributed by atoms with van der Waals surface area (Å²) in [5, 5.41) is 4.81. The minimum Gasteiger partial charge on any atom is -0.322 e. The molecule has 0 radical (unpaired) electrons. The number of hydrogen-bond acceptors (Lipinski definition) is 4. The van der Waals surface area contributed by atoms with Crippen LogP contribution in [0.1, 0.15) is 29.9 Å². The number of thiophene rings is 2. The molecule has 6 heteroatoms. The molecular formula is C21H20N3OS2+. The van der Waals surface area contributed by atoms with Gasteiger partial charge in [-0.25, -0.2) is 4.98 Å². The van der Waals surface area contributed by atoms with Crippen molar-refractivity contribution in [2.24, 2.45) is 0 Å². The Bertz CT molecular complexity index is 1160. The van der Waals surface area contributed by atoms with E-state index >= 15 is 0 Å². The molecule has 4 heterocycles. The van der Waals surface area contributed by atoms with Crippen LogP contribution in [0.4, 0.5) is 0 Å². The van der Waals surface area contributed by atoms with Gasteiger partial charge in [0.1, 0.15) is 17.4 Å². The fourth-order valence-electron chi connectivity index (χ4n) is 3.95. The second-order valence-electron chi connectivity index (χ2n) is 7.08. The van der Waals surface area contributed by atoms with Gasteiger partial charge in [-0.1, -0.05) is 30.3 Å². The number of aromatic amines is 1. The van der Waals surface area contributed by atoms with Crippen LogP contribution in [0, 0.1) is 0 Å². The number of quaternary nitrogens is 1. The van der Waals surface area contributed by atoms with E-state index in [4.69, 9.17) is 4.98 Å². The van der Waals surface area contributed by atoms with Gasteiger partial charge in [0, 0.05) is 27.8 Å². The maximum atomic E-state index is 12.9. The summed E-state index contributed by atoms with van der Waals surface area (Å²) in [5.74, 6) is 0.793. The minimum atomic E-state index is -0.0247. The lowest BCUT2D eigenvalue weighted by molar-refractivity contribution is -0.945. The molecule has 2 atom stereocenters. The van der Waals surface area contributed by atoms with E-state index in [0.29, 0.717) is 0 Å². The van der Waals surface area contributed by atoms with E-state index < -0.39 is 0 Å². The zero-order valence-corrected chi connectivity index (χ0v) is 16.6. The molecule has 0 saturated heterocycles. The maximum Gasteiger partial charge on any atom is 0.260 e. The number of nitrogens with one attached hydrogen (secondary N) is 2. The largest absolute Gasteiger partial charge is 0.322 e. The predicted molar refractivity (Wildman–Crippen MR) is 112 cm³/mol. The number of benzene rings is 1. The molecule has 1 aromatic carbocycles. The predicted octanol–water partition coefficient (Wildman–Crippen LogP) is 3.42. The fraction of sp³-hybridized carbons (Fsp3) is 0.238. The Morgan fingerprint density at radius 2 is 2.00 bits per heavy atom. The highest BCUT2D eigenvalue weighted by Crippen LogP contribution is 2.33. The molecule has 27 heavy (non-hydrogen) atoms. The van der Waals surface area contributed by atoms with Crippen molar-refractivity contribution in [3.05, 3.63) is 74.5 Å². The smallest absolute Gasteiger partial charge is 0.260 e. The highest BCUT2D eigenvalue weighted by atomic mass is 32.1. The third kappa shape index (κ3) is 2.94. The lowest BCUT2D eigenvalue weighted by Crippen LogP contribution is -3.11. The van der Waals surface area contributed by atoms with Crippen LogP contribution in [0.2, 0.25) is 0 Å². The molecule has 5 rings (SSSR count).